The van der Waals surface area contributed by atoms with Crippen molar-refractivity contribution in [1.29, 1.82) is 0 Å². The van der Waals surface area contributed by atoms with Crippen molar-refractivity contribution in [3.8, 4) is 5.75 Å². The zero-order chi connectivity index (χ0) is 29.3. The number of imidazole rings is 1. The summed E-state index contributed by atoms with van der Waals surface area (Å²) in [6.45, 7) is 0.613. The molecule has 0 saturated heterocycles. The molecule has 0 N–H and O–H groups in total. The molecule has 2 radical (unpaired) electrons. The minimum absolute atomic E-state index is 0.370. The Morgan fingerprint density at radius 2 is 1.23 bits per heavy atom. The molecule has 210 valence electrons. The van der Waals surface area contributed by atoms with Crippen molar-refractivity contribution < 1.29 is 4.74 Å². The lowest BCUT2D eigenvalue weighted by molar-refractivity contribution is 0.415. The summed E-state index contributed by atoms with van der Waals surface area (Å²) in [6.07, 6.45) is 8.57. The minimum Gasteiger partial charge on any atom is -0.497 e. The van der Waals surface area contributed by atoms with Crippen LogP contribution in [0.1, 0.15) is 24.0 Å². The maximum atomic E-state index is 5.46. The Hall–Kier alpha value is -4.61. The summed E-state index contributed by atoms with van der Waals surface area (Å²) in [7, 11) is 2.17. The second-order valence-electron chi connectivity index (χ2n) is 10.9. The molecule has 1 aliphatic carbocycles. The van der Waals surface area contributed by atoms with E-state index in [4.69, 9.17) is 4.74 Å². The quantitative estimate of drug-likeness (QED) is 0.194. The average molecular weight is 575 g/mol. The smallest absolute Gasteiger partial charge is 0.212 e. The SMILES string of the molecule is COc1cccc([Si]C(c2ccccc2)(c2ccccc2)n2ccnc2)c1.c1ccc(B(c2ccccc2)C2CC2)cc1. The van der Waals surface area contributed by atoms with E-state index in [9.17, 15) is 0 Å². The number of hydrogen-bond donors (Lipinski definition) is 0. The van der Waals surface area contributed by atoms with Gasteiger partial charge in [-0.15, -0.1) is 0 Å². The van der Waals surface area contributed by atoms with Crippen LogP contribution in [0, 0.1) is 0 Å². The van der Waals surface area contributed by atoms with Crippen LogP contribution in [0.5, 0.6) is 5.75 Å². The Kier molecular flexibility index (Phi) is 9.00. The molecular formula is C38H35BN2OSi. The van der Waals surface area contributed by atoms with E-state index in [0.29, 0.717) is 16.2 Å². The Labute approximate surface area is 258 Å². The van der Waals surface area contributed by atoms with Crippen molar-refractivity contribution in [2.24, 2.45) is 0 Å². The van der Waals surface area contributed by atoms with Gasteiger partial charge in [0.2, 0.25) is 6.71 Å². The average Bonchev–Trinajstić information content (AvgIpc) is 3.76. The van der Waals surface area contributed by atoms with Crippen LogP contribution in [-0.4, -0.2) is 32.9 Å². The van der Waals surface area contributed by atoms with Gasteiger partial charge in [0, 0.05) is 12.4 Å². The fourth-order valence-electron chi connectivity index (χ4n) is 5.89. The second kappa shape index (κ2) is 13.6. The van der Waals surface area contributed by atoms with Gasteiger partial charge >= 0.3 is 0 Å². The first-order valence-corrected chi connectivity index (χ1v) is 15.9. The van der Waals surface area contributed by atoms with Crippen LogP contribution in [0.25, 0.3) is 0 Å². The summed E-state index contributed by atoms with van der Waals surface area (Å²) < 4.78 is 7.67. The van der Waals surface area contributed by atoms with E-state index < -0.39 is 0 Å². The Bertz CT molecular complexity index is 1600. The minimum atomic E-state index is -0.370. The fourth-order valence-corrected chi connectivity index (χ4v) is 7.58. The van der Waals surface area contributed by atoms with Crippen molar-refractivity contribution in [2.75, 3.05) is 7.11 Å². The zero-order valence-corrected chi connectivity index (χ0v) is 25.5. The predicted molar refractivity (Wildman–Crippen MR) is 181 cm³/mol. The second-order valence-corrected chi connectivity index (χ2v) is 12.5. The highest BCUT2D eigenvalue weighted by Gasteiger charge is 2.37. The van der Waals surface area contributed by atoms with E-state index in [2.05, 4.69) is 149 Å². The lowest BCUT2D eigenvalue weighted by atomic mass is 9.37. The van der Waals surface area contributed by atoms with Crippen LogP contribution < -0.4 is 20.8 Å². The third-order valence-corrected chi connectivity index (χ3v) is 9.88. The Morgan fingerprint density at radius 3 is 1.70 bits per heavy atom. The molecule has 7 rings (SSSR count). The maximum absolute atomic E-state index is 5.46. The van der Waals surface area contributed by atoms with Crippen molar-refractivity contribution in [3.63, 3.8) is 0 Å². The lowest BCUT2D eigenvalue weighted by Gasteiger charge is -2.36. The molecule has 6 aromatic rings. The number of benzene rings is 5. The number of rotatable bonds is 9. The molecule has 1 aliphatic rings. The summed E-state index contributed by atoms with van der Waals surface area (Å²) in [5.41, 5.74) is 5.40. The monoisotopic (exact) mass is 574 g/mol. The molecule has 1 fully saturated rings. The topological polar surface area (TPSA) is 27.1 Å². The van der Waals surface area contributed by atoms with Gasteiger partial charge in [0.25, 0.3) is 0 Å². The molecule has 1 saturated carbocycles. The molecule has 5 heteroatoms. The van der Waals surface area contributed by atoms with E-state index in [0.717, 1.165) is 11.6 Å². The van der Waals surface area contributed by atoms with Gasteiger partial charge in [0.05, 0.1) is 18.6 Å². The number of aromatic nitrogens is 2. The highest BCUT2D eigenvalue weighted by Crippen LogP contribution is 2.38. The first-order valence-electron chi connectivity index (χ1n) is 14.9. The van der Waals surface area contributed by atoms with E-state index in [-0.39, 0.29) is 5.16 Å². The number of hydrogen-bond acceptors (Lipinski definition) is 2. The van der Waals surface area contributed by atoms with Crippen LogP contribution in [0.3, 0.4) is 0 Å². The molecule has 0 atom stereocenters. The molecule has 5 aromatic carbocycles. The molecule has 0 unspecified atom stereocenters. The third-order valence-electron chi connectivity index (χ3n) is 8.08. The molecule has 0 amide bonds. The first kappa shape index (κ1) is 28.5. The van der Waals surface area contributed by atoms with Gasteiger partial charge < -0.3 is 9.30 Å². The van der Waals surface area contributed by atoms with Crippen molar-refractivity contribution in [1.82, 2.24) is 9.55 Å². The number of methoxy groups -OCH3 is 1. The van der Waals surface area contributed by atoms with Gasteiger partial charge in [-0.25, -0.2) is 4.98 Å². The van der Waals surface area contributed by atoms with Crippen molar-refractivity contribution >= 4 is 32.3 Å². The van der Waals surface area contributed by atoms with E-state index in [1.807, 2.05) is 24.8 Å². The molecule has 1 aromatic heterocycles. The van der Waals surface area contributed by atoms with Crippen LogP contribution in [-0.2, 0) is 5.16 Å². The molecule has 1 heterocycles. The first-order chi connectivity index (χ1) is 21.3. The lowest BCUT2D eigenvalue weighted by Crippen LogP contribution is -2.46. The van der Waals surface area contributed by atoms with Crippen LogP contribution in [0.2, 0.25) is 5.82 Å². The van der Waals surface area contributed by atoms with Crippen molar-refractivity contribution in [2.45, 2.75) is 23.8 Å². The van der Waals surface area contributed by atoms with E-state index in [1.165, 1.54) is 40.1 Å². The highest BCUT2D eigenvalue weighted by atomic mass is 28.2. The van der Waals surface area contributed by atoms with Gasteiger partial charge in [0.15, 0.2) is 0 Å². The Balaban J connectivity index is 0.000000174. The van der Waals surface area contributed by atoms with E-state index in [1.54, 1.807) is 7.11 Å². The van der Waals surface area contributed by atoms with Crippen LogP contribution >= 0.6 is 0 Å². The molecule has 43 heavy (non-hydrogen) atoms. The van der Waals surface area contributed by atoms with Crippen molar-refractivity contribution in [3.05, 3.63) is 175 Å². The molecule has 0 spiro atoms. The predicted octanol–water partition coefficient (Wildman–Crippen LogP) is 6.13. The Morgan fingerprint density at radius 1 is 0.698 bits per heavy atom. The summed E-state index contributed by atoms with van der Waals surface area (Å²) in [5, 5.41) is 0.863. The maximum Gasteiger partial charge on any atom is 0.212 e. The summed E-state index contributed by atoms with van der Waals surface area (Å²) in [4.78, 5) is 4.36. The number of ether oxygens (including phenoxy) is 1. The van der Waals surface area contributed by atoms with Gasteiger partial charge in [-0.2, -0.15) is 0 Å². The zero-order valence-electron chi connectivity index (χ0n) is 24.5. The standard InChI is InChI=1S/C23H20N2OSi.C15H15B/c1-26-21-13-8-14-22(17-21)27-23(25-16-15-24-18-25,19-9-4-2-5-10-19)20-11-6-3-7-12-20;1-3-7-13(8-4-1)16(15-11-12-15)14-9-5-2-6-10-14/h2-18H,1H3;1-10,15H,11-12H2. The summed E-state index contributed by atoms with van der Waals surface area (Å²) in [6, 6.07) is 51.4. The molecular weight excluding hydrogens is 539 g/mol. The van der Waals surface area contributed by atoms with E-state index >= 15 is 0 Å². The summed E-state index contributed by atoms with van der Waals surface area (Å²) in [5.74, 6) is 1.74. The van der Waals surface area contributed by atoms with Gasteiger partial charge in [0.1, 0.15) is 15.3 Å². The van der Waals surface area contributed by atoms with Crippen LogP contribution in [0.4, 0.5) is 0 Å². The normalized spacial score (nSPS) is 12.6. The van der Waals surface area contributed by atoms with Crippen LogP contribution in [0.15, 0.2) is 164 Å². The summed E-state index contributed by atoms with van der Waals surface area (Å²) >= 11 is 0. The third kappa shape index (κ3) is 6.58. The van der Waals surface area contributed by atoms with Gasteiger partial charge in [-0.1, -0.05) is 168 Å². The van der Waals surface area contributed by atoms with Gasteiger partial charge in [-0.05, 0) is 23.3 Å². The highest BCUT2D eigenvalue weighted by molar-refractivity contribution is 6.86. The fraction of sp³-hybridized carbons (Fsp3) is 0.132. The molecule has 0 bridgehead atoms. The van der Waals surface area contributed by atoms with Gasteiger partial charge in [-0.3, -0.25) is 0 Å². The molecule has 0 aliphatic heterocycles. The molecule has 3 nitrogen and oxygen atoms in total. The largest absolute Gasteiger partial charge is 0.497 e. The number of nitrogens with zero attached hydrogens (tertiary/aromatic N) is 2.